The molecule has 0 atom stereocenters. The van der Waals surface area contributed by atoms with Crippen molar-refractivity contribution in [3.8, 4) is 0 Å². The van der Waals surface area contributed by atoms with E-state index in [-0.39, 0.29) is 0 Å². The topological polar surface area (TPSA) is 66.4 Å². The average molecular weight is 274 g/mol. The molecule has 0 radical (unpaired) electrons. The van der Waals surface area contributed by atoms with Crippen molar-refractivity contribution in [2.24, 2.45) is 0 Å². The Balaban J connectivity index is 2.89. The lowest BCUT2D eigenvalue weighted by molar-refractivity contribution is -0.131. The average Bonchev–Trinajstić information content (AvgIpc) is 2.20. The standard InChI is InChI=1S/C11H9Cl2NO3/c1-6-4-7(12)5-8(13)11(6)14-9(15)2-3-10(16)17/h2-5H,1H3,(H,14,15)(H,16,17). The van der Waals surface area contributed by atoms with Crippen molar-refractivity contribution in [3.63, 3.8) is 0 Å². The van der Waals surface area contributed by atoms with Crippen LogP contribution in [0.25, 0.3) is 0 Å². The third kappa shape index (κ3) is 4.09. The maximum atomic E-state index is 11.4. The third-order valence-electron chi connectivity index (χ3n) is 1.88. The zero-order valence-electron chi connectivity index (χ0n) is 8.83. The minimum Gasteiger partial charge on any atom is -0.478 e. The second-order valence-electron chi connectivity index (χ2n) is 3.24. The Bertz CT molecular complexity index is 474. The quantitative estimate of drug-likeness (QED) is 0.833. The summed E-state index contributed by atoms with van der Waals surface area (Å²) in [5.74, 6) is -1.77. The van der Waals surface area contributed by atoms with E-state index in [2.05, 4.69) is 5.32 Å². The highest BCUT2D eigenvalue weighted by atomic mass is 35.5. The van der Waals surface area contributed by atoms with E-state index < -0.39 is 11.9 Å². The molecule has 17 heavy (non-hydrogen) atoms. The molecule has 0 spiro atoms. The van der Waals surface area contributed by atoms with Gasteiger partial charge in [0.05, 0.1) is 10.7 Å². The van der Waals surface area contributed by atoms with E-state index in [0.717, 1.165) is 12.2 Å². The number of halogens is 2. The summed E-state index contributed by atoms with van der Waals surface area (Å²) in [5, 5.41) is 11.6. The minimum atomic E-state index is -1.20. The number of carboxylic acid groups (broad SMARTS) is 1. The summed E-state index contributed by atoms with van der Waals surface area (Å²) in [6.45, 7) is 1.73. The molecule has 1 amide bonds. The Labute approximate surface area is 108 Å². The Morgan fingerprint density at radius 3 is 2.47 bits per heavy atom. The highest BCUT2D eigenvalue weighted by molar-refractivity contribution is 6.37. The van der Waals surface area contributed by atoms with Crippen LogP contribution in [0.15, 0.2) is 24.3 Å². The second-order valence-corrected chi connectivity index (χ2v) is 4.08. The number of carbonyl (C=O) groups excluding carboxylic acids is 1. The summed E-state index contributed by atoms with van der Waals surface area (Å²) >= 11 is 11.7. The molecule has 0 fully saturated rings. The fourth-order valence-corrected chi connectivity index (χ4v) is 1.81. The lowest BCUT2D eigenvalue weighted by Crippen LogP contribution is -2.10. The van der Waals surface area contributed by atoms with Gasteiger partial charge in [0.1, 0.15) is 0 Å². The summed E-state index contributed by atoms with van der Waals surface area (Å²) in [6.07, 6.45) is 1.65. The van der Waals surface area contributed by atoms with E-state index in [0.29, 0.717) is 21.3 Å². The number of nitrogens with one attached hydrogen (secondary N) is 1. The van der Waals surface area contributed by atoms with Gasteiger partial charge >= 0.3 is 5.97 Å². The predicted octanol–water partition coefficient (Wildman–Crippen LogP) is 2.88. The van der Waals surface area contributed by atoms with Gasteiger partial charge in [-0.25, -0.2) is 4.79 Å². The molecule has 1 rings (SSSR count). The Morgan fingerprint density at radius 2 is 1.94 bits per heavy atom. The van der Waals surface area contributed by atoms with Crippen LogP contribution in [0.2, 0.25) is 10.0 Å². The molecule has 0 saturated carbocycles. The number of rotatable bonds is 3. The highest BCUT2D eigenvalue weighted by Crippen LogP contribution is 2.29. The van der Waals surface area contributed by atoms with Crippen LogP contribution in [0.5, 0.6) is 0 Å². The second kappa shape index (κ2) is 5.70. The van der Waals surface area contributed by atoms with Crippen LogP contribution >= 0.6 is 23.2 Å². The summed E-state index contributed by atoms with van der Waals surface area (Å²) < 4.78 is 0. The molecule has 0 aliphatic carbocycles. The number of anilines is 1. The summed E-state index contributed by atoms with van der Waals surface area (Å²) in [6, 6.07) is 3.14. The fourth-order valence-electron chi connectivity index (χ4n) is 1.17. The van der Waals surface area contributed by atoms with Gasteiger partial charge in [0, 0.05) is 17.2 Å². The van der Waals surface area contributed by atoms with Crippen molar-refractivity contribution in [2.75, 3.05) is 5.32 Å². The number of hydrogen-bond acceptors (Lipinski definition) is 2. The number of amides is 1. The molecule has 0 bridgehead atoms. The number of benzene rings is 1. The molecule has 0 aliphatic heterocycles. The molecule has 1 aromatic rings. The molecule has 0 unspecified atom stereocenters. The van der Waals surface area contributed by atoms with Crippen molar-refractivity contribution in [1.29, 1.82) is 0 Å². The Kier molecular flexibility index (Phi) is 4.54. The van der Waals surface area contributed by atoms with Gasteiger partial charge in [-0.05, 0) is 24.6 Å². The van der Waals surface area contributed by atoms with E-state index in [4.69, 9.17) is 28.3 Å². The zero-order chi connectivity index (χ0) is 13.0. The smallest absolute Gasteiger partial charge is 0.328 e. The number of carboxylic acids is 1. The molecular formula is C11H9Cl2NO3. The zero-order valence-corrected chi connectivity index (χ0v) is 10.3. The molecule has 0 aromatic heterocycles. The van der Waals surface area contributed by atoms with E-state index in [1.54, 1.807) is 13.0 Å². The van der Waals surface area contributed by atoms with Crippen LogP contribution in [-0.4, -0.2) is 17.0 Å². The van der Waals surface area contributed by atoms with E-state index >= 15 is 0 Å². The lowest BCUT2D eigenvalue weighted by atomic mass is 10.2. The van der Waals surface area contributed by atoms with Crippen LogP contribution in [-0.2, 0) is 9.59 Å². The van der Waals surface area contributed by atoms with Crippen molar-refractivity contribution < 1.29 is 14.7 Å². The molecule has 0 saturated heterocycles. The summed E-state index contributed by atoms with van der Waals surface area (Å²) in [4.78, 5) is 21.6. The van der Waals surface area contributed by atoms with Crippen LogP contribution in [0.4, 0.5) is 5.69 Å². The summed E-state index contributed by atoms with van der Waals surface area (Å²) in [7, 11) is 0. The van der Waals surface area contributed by atoms with Crippen molar-refractivity contribution in [1.82, 2.24) is 0 Å². The number of aliphatic carboxylic acids is 1. The molecule has 1 aromatic carbocycles. The molecule has 2 N–H and O–H groups in total. The van der Waals surface area contributed by atoms with Crippen LogP contribution < -0.4 is 5.32 Å². The number of aryl methyl sites for hydroxylation is 1. The lowest BCUT2D eigenvalue weighted by Gasteiger charge is -2.09. The van der Waals surface area contributed by atoms with Gasteiger partial charge in [-0.1, -0.05) is 23.2 Å². The normalized spacial score (nSPS) is 10.5. The van der Waals surface area contributed by atoms with Gasteiger partial charge < -0.3 is 10.4 Å². The van der Waals surface area contributed by atoms with Crippen LogP contribution in [0.3, 0.4) is 0 Å². The van der Waals surface area contributed by atoms with Gasteiger partial charge in [-0.15, -0.1) is 0 Å². The van der Waals surface area contributed by atoms with Gasteiger partial charge in [0.2, 0.25) is 5.91 Å². The first kappa shape index (κ1) is 13.5. The Morgan fingerprint density at radius 1 is 1.29 bits per heavy atom. The largest absolute Gasteiger partial charge is 0.478 e. The monoisotopic (exact) mass is 273 g/mol. The number of hydrogen-bond donors (Lipinski definition) is 2. The Hall–Kier alpha value is -1.52. The summed E-state index contributed by atoms with van der Waals surface area (Å²) in [5.41, 5.74) is 1.11. The van der Waals surface area contributed by atoms with Gasteiger partial charge in [0.15, 0.2) is 0 Å². The van der Waals surface area contributed by atoms with E-state index in [1.165, 1.54) is 6.07 Å². The molecular weight excluding hydrogens is 265 g/mol. The SMILES string of the molecule is Cc1cc(Cl)cc(Cl)c1NC(=O)C=CC(=O)O. The first-order chi connectivity index (χ1) is 7.90. The predicted molar refractivity (Wildman–Crippen MR) is 66.6 cm³/mol. The fraction of sp³-hybridized carbons (Fsp3) is 0.0909. The van der Waals surface area contributed by atoms with Crippen molar-refractivity contribution >= 4 is 40.8 Å². The maximum Gasteiger partial charge on any atom is 0.328 e. The van der Waals surface area contributed by atoms with Gasteiger partial charge in [-0.3, -0.25) is 4.79 Å². The molecule has 0 heterocycles. The van der Waals surface area contributed by atoms with Crippen molar-refractivity contribution in [3.05, 3.63) is 39.9 Å². The number of carbonyl (C=O) groups is 2. The van der Waals surface area contributed by atoms with Gasteiger partial charge in [0.25, 0.3) is 0 Å². The van der Waals surface area contributed by atoms with E-state index in [1.807, 2.05) is 0 Å². The molecule has 6 heteroatoms. The molecule has 4 nitrogen and oxygen atoms in total. The molecule has 0 aliphatic rings. The maximum absolute atomic E-state index is 11.4. The first-order valence-electron chi connectivity index (χ1n) is 4.58. The third-order valence-corrected chi connectivity index (χ3v) is 2.39. The minimum absolute atomic E-state index is 0.298. The van der Waals surface area contributed by atoms with Crippen LogP contribution in [0.1, 0.15) is 5.56 Å². The van der Waals surface area contributed by atoms with Crippen molar-refractivity contribution in [2.45, 2.75) is 6.92 Å². The van der Waals surface area contributed by atoms with Gasteiger partial charge in [-0.2, -0.15) is 0 Å². The first-order valence-corrected chi connectivity index (χ1v) is 5.33. The molecule has 90 valence electrons. The van der Waals surface area contributed by atoms with E-state index in [9.17, 15) is 9.59 Å². The highest BCUT2D eigenvalue weighted by Gasteiger charge is 2.08. The van der Waals surface area contributed by atoms with Crippen LogP contribution in [0, 0.1) is 6.92 Å².